The summed E-state index contributed by atoms with van der Waals surface area (Å²) >= 11 is 0. The molecule has 0 aliphatic heterocycles. The first-order valence-corrected chi connectivity index (χ1v) is 5.51. The quantitative estimate of drug-likeness (QED) is 0.657. The highest BCUT2D eigenvalue weighted by Gasteiger charge is 2.12. The summed E-state index contributed by atoms with van der Waals surface area (Å²) in [4.78, 5) is 0. The first-order valence-electron chi connectivity index (χ1n) is 5.51. The summed E-state index contributed by atoms with van der Waals surface area (Å²) in [5.74, 6) is 0. The molecule has 2 rings (SSSR count). The summed E-state index contributed by atoms with van der Waals surface area (Å²) in [7, 11) is 0. The lowest BCUT2D eigenvalue weighted by Gasteiger charge is -2.19. The first kappa shape index (κ1) is 10.3. The van der Waals surface area contributed by atoms with Gasteiger partial charge in [-0.25, -0.2) is 0 Å². The molecule has 1 heteroatoms. The molecule has 0 saturated heterocycles. The van der Waals surface area contributed by atoms with Gasteiger partial charge < -0.3 is 4.57 Å². The third-order valence-electron chi connectivity index (χ3n) is 2.57. The number of nitrogens with zero attached hydrogens (tertiary/aromatic N) is 1. The Balaban J connectivity index is 2.45. The van der Waals surface area contributed by atoms with Crippen LogP contribution in [0.5, 0.6) is 0 Å². The van der Waals surface area contributed by atoms with Gasteiger partial charge in [-0.05, 0) is 35.9 Å². The van der Waals surface area contributed by atoms with E-state index < -0.39 is 0 Å². The molecular weight excluding hydrogens is 182 g/mol. The summed E-state index contributed by atoms with van der Waals surface area (Å²) in [6, 6.07) is 8.85. The zero-order valence-corrected chi connectivity index (χ0v) is 10.0. The number of aromatic nitrogens is 1. The predicted molar refractivity (Wildman–Crippen MR) is 66.1 cm³/mol. The number of fused-ring (bicyclic) bond motifs is 1. The summed E-state index contributed by atoms with van der Waals surface area (Å²) in [5.41, 5.74) is 3.00. The molecule has 0 unspecified atom stereocenters. The van der Waals surface area contributed by atoms with Crippen molar-refractivity contribution in [1.82, 2.24) is 4.57 Å². The molecule has 0 spiro atoms. The van der Waals surface area contributed by atoms with Crippen LogP contribution in [0.25, 0.3) is 10.9 Å². The average molecular weight is 201 g/mol. The standard InChI is InChI=1S/C14H19N/c1-11-5-6-13-12(9-11)7-8-15(13)10-14(2,3)4/h5-9H,10H2,1-4H3. The second-order valence-electron chi connectivity index (χ2n) is 5.57. The Bertz CT molecular complexity index is 472. The highest BCUT2D eigenvalue weighted by molar-refractivity contribution is 5.80. The third-order valence-corrected chi connectivity index (χ3v) is 2.57. The molecule has 0 saturated carbocycles. The lowest BCUT2D eigenvalue weighted by atomic mass is 9.97. The van der Waals surface area contributed by atoms with Crippen LogP contribution in [0.3, 0.4) is 0 Å². The summed E-state index contributed by atoms with van der Waals surface area (Å²) in [6.07, 6.45) is 2.19. The molecule has 0 atom stereocenters. The number of aryl methyl sites for hydroxylation is 1. The molecule has 0 aliphatic carbocycles. The van der Waals surface area contributed by atoms with Gasteiger partial charge in [0, 0.05) is 18.3 Å². The molecule has 0 radical (unpaired) electrons. The molecule has 0 fully saturated rings. The summed E-state index contributed by atoms with van der Waals surface area (Å²) in [5, 5.41) is 1.35. The van der Waals surface area contributed by atoms with Crippen molar-refractivity contribution in [1.29, 1.82) is 0 Å². The molecule has 0 amide bonds. The van der Waals surface area contributed by atoms with Crippen molar-refractivity contribution in [3.8, 4) is 0 Å². The van der Waals surface area contributed by atoms with E-state index >= 15 is 0 Å². The van der Waals surface area contributed by atoms with Crippen molar-refractivity contribution in [3.63, 3.8) is 0 Å². The predicted octanol–water partition coefficient (Wildman–Crippen LogP) is 4.00. The maximum Gasteiger partial charge on any atom is 0.0480 e. The monoisotopic (exact) mass is 201 g/mol. The Morgan fingerprint density at radius 3 is 2.53 bits per heavy atom. The van der Waals surface area contributed by atoms with Crippen LogP contribution < -0.4 is 0 Å². The van der Waals surface area contributed by atoms with Gasteiger partial charge in [-0.2, -0.15) is 0 Å². The lowest BCUT2D eigenvalue weighted by molar-refractivity contribution is 0.349. The van der Waals surface area contributed by atoms with E-state index in [1.165, 1.54) is 16.5 Å². The van der Waals surface area contributed by atoms with Crippen LogP contribution in [0, 0.1) is 12.3 Å². The molecule has 80 valence electrons. The molecule has 1 nitrogen and oxygen atoms in total. The maximum atomic E-state index is 2.34. The van der Waals surface area contributed by atoms with E-state index in [4.69, 9.17) is 0 Å². The first-order chi connectivity index (χ1) is 6.96. The van der Waals surface area contributed by atoms with Gasteiger partial charge in [0.15, 0.2) is 0 Å². The molecular formula is C14H19N. The minimum Gasteiger partial charge on any atom is -0.347 e. The van der Waals surface area contributed by atoms with Gasteiger partial charge in [0.25, 0.3) is 0 Å². The van der Waals surface area contributed by atoms with Crippen molar-refractivity contribution in [2.24, 2.45) is 5.41 Å². The fourth-order valence-electron chi connectivity index (χ4n) is 1.97. The number of hydrogen-bond donors (Lipinski definition) is 0. The Morgan fingerprint density at radius 2 is 1.87 bits per heavy atom. The molecule has 0 N–H and O–H groups in total. The topological polar surface area (TPSA) is 4.93 Å². The smallest absolute Gasteiger partial charge is 0.0480 e. The van der Waals surface area contributed by atoms with E-state index in [0.29, 0.717) is 5.41 Å². The van der Waals surface area contributed by atoms with E-state index in [0.717, 1.165) is 6.54 Å². The maximum absolute atomic E-state index is 2.34. The fourth-order valence-corrected chi connectivity index (χ4v) is 1.97. The average Bonchev–Trinajstić information content (AvgIpc) is 2.45. The Labute approximate surface area is 91.7 Å². The van der Waals surface area contributed by atoms with Gasteiger partial charge >= 0.3 is 0 Å². The van der Waals surface area contributed by atoms with Gasteiger partial charge in [0.1, 0.15) is 0 Å². The Hall–Kier alpha value is -1.24. The van der Waals surface area contributed by atoms with Crippen LogP contribution in [-0.2, 0) is 6.54 Å². The number of rotatable bonds is 1. The van der Waals surface area contributed by atoms with E-state index in [2.05, 4.69) is 62.7 Å². The van der Waals surface area contributed by atoms with E-state index in [-0.39, 0.29) is 0 Å². The van der Waals surface area contributed by atoms with E-state index in [1.54, 1.807) is 0 Å². The van der Waals surface area contributed by atoms with Crippen LogP contribution in [0.2, 0.25) is 0 Å². The van der Waals surface area contributed by atoms with E-state index in [9.17, 15) is 0 Å². The largest absolute Gasteiger partial charge is 0.347 e. The normalized spacial score (nSPS) is 12.3. The van der Waals surface area contributed by atoms with Gasteiger partial charge in [0.05, 0.1) is 0 Å². The highest BCUT2D eigenvalue weighted by Crippen LogP contribution is 2.22. The van der Waals surface area contributed by atoms with Crippen molar-refractivity contribution in [2.75, 3.05) is 0 Å². The fraction of sp³-hybridized carbons (Fsp3) is 0.429. The zero-order chi connectivity index (χ0) is 11.1. The van der Waals surface area contributed by atoms with Crippen molar-refractivity contribution in [3.05, 3.63) is 36.0 Å². The van der Waals surface area contributed by atoms with Gasteiger partial charge in [0.2, 0.25) is 0 Å². The molecule has 0 bridgehead atoms. The second kappa shape index (κ2) is 3.41. The minimum atomic E-state index is 0.330. The van der Waals surface area contributed by atoms with Crippen molar-refractivity contribution in [2.45, 2.75) is 34.2 Å². The third kappa shape index (κ3) is 2.23. The van der Waals surface area contributed by atoms with Gasteiger partial charge in [-0.1, -0.05) is 32.4 Å². The molecule has 1 aromatic carbocycles. The Morgan fingerprint density at radius 1 is 1.13 bits per heavy atom. The van der Waals surface area contributed by atoms with Crippen LogP contribution >= 0.6 is 0 Å². The zero-order valence-electron chi connectivity index (χ0n) is 10.0. The molecule has 15 heavy (non-hydrogen) atoms. The number of hydrogen-bond acceptors (Lipinski definition) is 0. The Kier molecular flexibility index (Phi) is 2.34. The van der Waals surface area contributed by atoms with Crippen LogP contribution in [0.4, 0.5) is 0 Å². The minimum absolute atomic E-state index is 0.330. The summed E-state index contributed by atoms with van der Waals surface area (Å²) < 4.78 is 2.34. The number of benzene rings is 1. The van der Waals surface area contributed by atoms with Crippen LogP contribution in [-0.4, -0.2) is 4.57 Å². The summed E-state index contributed by atoms with van der Waals surface area (Å²) in [6.45, 7) is 10.0. The van der Waals surface area contributed by atoms with Crippen molar-refractivity contribution < 1.29 is 0 Å². The highest BCUT2D eigenvalue weighted by atomic mass is 15.0. The molecule has 1 heterocycles. The van der Waals surface area contributed by atoms with E-state index in [1.807, 2.05) is 0 Å². The SMILES string of the molecule is Cc1ccc2c(ccn2CC(C)(C)C)c1. The second-order valence-corrected chi connectivity index (χ2v) is 5.57. The van der Waals surface area contributed by atoms with Gasteiger partial charge in [-0.3, -0.25) is 0 Å². The lowest BCUT2D eigenvalue weighted by Crippen LogP contribution is -2.14. The molecule has 1 aromatic heterocycles. The van der Waals surface area contributed by atoms with Crippen LogP contribution in [0.1, 0.15) is 26.3 Å². The molecule has 2 aromatic rings. The van der Waals surface area contributed by atoms with Gasteiger partial charge in [-0.15, -0.1) is 0 Å². The van der Waals surface area contributed by atoms with Crippen LogP contribution in [0.15, 0.2) is 30.5 Å². The van der Waals surface area contributed by atoms with Crippen molar-refractivity contribution >= 4 is 10.9 Å². The molecule has 0 aliphatic rings.